The number of furan rings is 1. The fraction of sp³-hybridized carbons (Fsp3) is 0.348. The van der Waals surface area contributed by atoms with E-state index in [0.717, 1.165) is 39.6 Å². The molecule has 0 amide bonds. The molecule has 0 saturated heterocycles. The van der Waals surface area contributed by atoms with E-state index in [1.54, 1.807) is 24.3 Å². The molecule has 3 nitrogen and oxygen atoms in total. The van der Waals surface area contributed by atoms with E-state index in [9.17, 15) is 4.79 Å². The molecule has 4 heteroatoms. The van der Waals surface area contributed by atoms with Gasteiger partial charge in [-0.3, -0.25) is 0 Å². The van der Waals surface area contributed by atoms with Gasteiger partial charge in [0.1, 0.15) is 11.3 Å². The number of halogens is 1. The molecular weight excluding hydrogens is 404 g/mol. The maximum absolute atomic E-state index is 11.1. The largest absolute Gasteiger partial charge is 0.478 e. The normalized spacial score (nSPS) is 17.7. The predicted octanol–water partition coefficient (Wildman–Crippen LogP) is 6.91. The van der Waals surface area contributed by atoms with Gasteiger partial charge < -0.3 is 9.52 Å². The van der Waals surface area contributed by atoms with Gasteiger partial charge >= 0.3 is 5.97 Å². The number of fused-ring (bicyclic) bond motifs is 2. The molecule has 0 bridgehead atoms. The van der Waals surface area contributed by atoms with Crippen LogP contribution >= 0.6 is 15.9 Å². The Morgan fingerprint density at radius 1 is 1.00 bits per heavy atom. The molecule has 1 aliphatic carbocycles. The smallest absolute Gasteiger partial charge is 0.335 e. The van der Waals surface area contributed by atoms with Crippen molar-refractivity contribution in [1.82, 2.24) is 0 Å². The fourth-order valence-corrected chi connectivity index (χ4v) is 4.70. The van der Waals surface area contributed by atoms with Gasteiger partial charge in [0.15, 0.2) is 0 Å². The van der Waals surface area contributed by atoms with E-state index >= 15 is 0 Å². The molecule has 0 spiro atoms. The monoisotopic (exact) mass is 426 g/mol. The fourth-order valence-electron chi connectivity index (χ4n) is 4.08. The second kappa shape index (κ2) is 5.96. The van der Waals surface area contributed by atoms with E-state index in [1.807, 2.05) is 0 Å². The Hall–Kier alpha value is -2.07. The van der Waals surface area contributed by atoms with Crippen LogP contribution in [-0.2, 0) is 10.8 Å². The van der Waals surface area contributed by atoms with Crippen LogP contribution in [-0.4, -0.2) is 11.1 Å². The summed E-state index contributed by atoms with van der Waals surface area (Å²) in [5, 5.41) is 10.2. The quantitative estimate of drug-likeness (QED) is 0.484. The first-order chi connectivity index (χ1) is 12.6. The molecule has 3 aromatic rings. The third kappa shape index (κ3) is 2.91. The van der Waals surface area contributed by atoms with Gasteiger partial charge in [-0.05, 0) is 75.0 Å². The standard InChI is InChI=1S/C23H23BrO3/c1-22(2)9-10-23(3,4)17-12-18-15(11-16(17)22)19(24)20(27-18)13-5-7-14(8-6-13)21(25)26/h5-8,11-12H,9-10H2,1-4H3,(H,25,26). The highest BCUT2D eigenvalue weighted by atomic mass is 79.9. The van der Waals surface area contributed by atoms with Crippen molar-refractivity contribution < 1.29 is 14.3 Å². The lowest BCUT2D eigenvalue weighted by Gasteiger charge is -2.41. The summed E-state index contributed by atoms with van der Waals surface area (Å²) >= 11 is 3.72. The van der Waals surface area contributed by atoms with Crippen LogP contribution in [0.25, 0.3) is 22.3 Å². The Kier molecular flexibility index (Phi) is 4.04. The minimum Gasteiger partial charge on any atom is -0.478 e. The van der Waals surface area contributed by atoms with Crippen LogP contribution in [0.3, 0.4) is 0 Å². The molecule has 2 aromatic carbocycles. The van der Waals surface area contributed by atoms with E-state index in [1.165, 1.54) is 11.1 Å². The Balaban J connectivity index is 1.91. The summed E-state index contributed by atoms with van der Waals surface area (Å²) in [6, 6.07) is 11.3. The molecular formula is C23H23BrO3. The van der Waals surface area contributed by atoms with Crippen molar-refractivity contribution >= 4 is 32.9 Å². The number of carbonyl (C=O) groups is 1. The summed E-state index contributed by atoms with van der Waals surface area (Å²) in [6.45, 7) is 9.23. The summed E-state index contributed by atoms with van der Waals surface area (Å²) in [4.78, 5) is 11.1. The topological polar surface area (TPSA) is 50.4 Å². The lowest BCUT2D eigenvalue weighted by Crippen LogP contribution is -2.33. The first-order valence-electron chi connectivity index (χ1n) is 9.21. The van der Waals surface area contributed by atoms with Gasteiger partial charge in [0.2, 0.25) is 0 Å². The summed E-state index contributed by atoms with van der Waals surface area (Å²) in [6.07, 6.45) is 2.32. The molecule has 1 aromatic heterocycles. The highest BCUT2D eigenvalue weighted by Gasteiger charge is 2.38. The van der Waals surface area contributed by atoms with Crippen molar-refractivity contribution in [3.05, 3.63) is 57.6 Å². The molecule has 0 saturated carbocycles. The van der Waals surface area contributed by atoms with E-state index in [4.69, 9.17) is 9.52 Å². The molecule has 0 radical (unpaired) electrons. The number of hydrogen-bond donors (Lipinski definition) is 1. The number of carboxylic acids is 1. The van der Waals surface area contributed by atoms with Crippen molar-refractivity contribution in [3.63, 3.8) is 0 Å². The molecule has 4 rings (SSSR count). The predicted molar refractivity (Wildman–Crippen MR) is 112 cm³/mol. The Morgan fingerprint density at radius 2 is 1.56 bits per heavy atom. The van der Waals surface area contributed by atoms with Crippen molar-refractivity contribution in [1.29, 1.82) is 0 Å². The van der Waals surface area contributed by atoms with E-state index in [-0.39, 0.29) is 16.4 Å². The van der Waals surface area contributed by atoms with E-state index < -0.39 is 5.97 Å². The summed E-state index contributed by atoms with van der Waals surface area (Å²) in [5.74, 6) is -0.192. The third-order valence-electron chi connectivity index (χ3n) is 5.99. The van der Waals surface area contributed by atoms with Crippen LogP contribution in [0.1, 0.15) is 62.0 Å². The van der Waals surface area contributed by atoms with Crippen LogP contribution < -0.4 is 0 Å². The lowest BCUT2D eigenvalue weighted by atomic mass is 9.63. The van der Waals surface area contributed by atoms with Gasteiger partial charge in [-0.25, -0.2) is 4.79 Å². The third-order valence-corrected chi connectivity index (χ3v) is 6.78. The number of rotatable bonds is 2. The average Bonchev–Trinajstić information content (AvgIpc) is 2.94. The van der Waals surface area contributed by atoms with Gasteiger partial charge in [-0.2, -0.15) is 0 Å². The molecule has 0 unspecified atom stereocenters. The van der Waals surface area contributed by atoms with Gasteiger partial charge in [-0.15, -0.1) is 0 Å². The maximum Gasteiger partial charge on any atom is 0.335 e. The molecule has 0 aliphatic heterocycles. The van der Waals surface area contributed by atoms with Crippen LogP contribution in [0, 0.1) is 0 Å². The minimum atomic E-state index is -0.928. The molecule has 140 valence electrons. The van der Waals surface area contributed by atoms with Crippen LogP contribution in [0.4, 0.5) is 0 Å². The van der Waals surface area contributed by atoms with Gasteiger partial charge in [0.05, 0.1) is 10.0 Å². The number of benzene rings is 2. The van der Waals surface area contributed by atoms with Crippen molar-refractivity contribution in [2.75, 3.05) is 0 Å². The number of aromatic carboxylic acids is 1. The van der Waals surface area contributed by atoms with Crippen molar-refractivity contribution in [2.24, 2.45) is 0 Å². The van der Waals surface area contributed by atoms with E-state index in [0.29, 0.717) is 0 Å². The second-order valence-electron chi connectivity index (χ2n) is 8.79. The van der Waals surface area contributed by atoms with Crippen LogP contribution in [0.2, 0.25) is 0 Å². The van der Waals surface area contributed by atoms with Gasteiger partial charge in [0, 0.05) is 10.9 Å². The van der Waals surface area contributed by atoms with Crippen LogP contribution in [0.15, 0.2) is 45.3 Å². The Bertz CT molecular complexity index is 1060. The summed E-state index contributed by atoms with van der Waals surface area (Å²) in [7, 11) is 0. The number of hydrogen-bond acceptors (Lipinski definition) is 2. The second-order valence-corrected chi connectivity index (χ2v) is 9.58. The molecule has 1 N–H and O–H groups in total. The maximum atomic E-state index is 11.1. The molecule has 1 heterocycles. The Morgan fingerprint density at radius 3 is 2.11 bits per heavy atom. The van der Waals surface area contributed by atoms with E-state index in [2.05, 4.69) is 55.8 Å². The summed E-state index contributed by atoms with van der Waals surface area (Å²) in [5.41, 5.74) is 5.01. The van der Waals surface area contributed by atoms with Crippen molar-refractivity contribution in [2.45, 2.75) is 51.4 Å². The minimum absolute atomic E-state index is 0.127. The molecule has 0 atom stereocenters. The van der Waals surface area contributed by atoms with Crippen molar-refractivity contribution in [3.8, 4) is 11.3 Å². The Labute approximate surface area is 167 Å². The zero-order chi connectivity index (χ0) is 19.6. The first-order valence-corrected chi connectivity index (χ1v) is 10.0. The highest BCUT2D eigenvalue weighted by Crippen LogP contribution is 2.49. The highest BCUT2D eigenvalue weighted by molar-refractivity contribution is 9.10. The molecule has 1 aliphatic rings. The lowest BCUT2D eigenvalue weighted by molar-refractivity contribution is 0.0697. The summed E-state index contributed by atoms with van der Waals surface area (Å²) < 4.78 is 7.14. The molecule has 27 heavy (non-hydrogen) atoms. The first kappa shape index (κ1) is 18.3. The zero-order valence-electron chi connectivity index (χ0n) is 16.0. The van der Waals surface area contributed by atoms with Crippen LogP contribution in [0.5, 0.6) is 0 Å². The van der Waals surface area contributed by atoms with Gasteiger partial charge in [-0.1, -0.05) is 39.8 Å². The SMILES string of the molecule is CC1(C)CCC(C)(C)c2cc3c(Br)c(-c4ccc(C(=O)O)cc4)oc3cc21. The zero-order valence-corrected chi connectivity index (χ0v) is 17.6. The van der Waals surface area contributed by atoms with Gasteiger partial charge in [0.25, 0.3) is 0 Å². The molecule has 0 fully saturated rings. The average molecular weight is 427 g/mol. The number of carboxylic acid groups (broad SMARTS) is 1.